The van der Waals surface area contributed by atoms with Crippen molar-refractivity contribution in [2.24, 2.45) is 5.41 Å². The molecule has 0 bridgehead atoms. The molecule has 1 aromatic rings. The molecule has 0 aliphatic rings. The van der Waals surface area contributed by atoms with E-state index in [1.165, 1.54) is 0 Å². The summed E-state index contributed by atoms with van der Waals surface area (Å²) in [5.41, 5.74) is 1.36. The molecule has 0 fully saturated rings. The van der Waals surface area contributed by atoms with Gasteiger partial charge in [0, 0.05) is 25.0 Å². The highest BCUT2D eigenvalue weighted by molar-refractivity contribution is 5.93. The third-order valence-electron chi connectivity index (χ3n) is 2.69. The largest absolute Gasteiger partial charge is 0.396 e. The molecule has 0 saturated heterocycles. The lowest BCUT2D eigenvalue weighted by molar-refractivity contribution is 0.0928. The average molecular weight is 236 g/mol. The molecule has 1 rings (SSSR count). The number of nitrogens with zero attached hydrogens (tertiary/aromatic N) is 1. The molecule has 4 heteroatoms. The third kappa shape index (κ3) is 4.53. The van der Waals surface area contributed by atoms with E-state index >= 15 is 0 Å². The summed E-state index contributed by atoms with van der Waals surface area (Å²) in [7, 11) is 0. The van der Waals surface area contributed by atoms with Crippen LogP contribution in [0.4, 0.5) is 0 Å². The summed E-state index contributed by atoms with van der Waals surface area (Å²) in [5.74, 6) is -0.122. The summed E-state index contributed by atoms with van der Waals surface area (Å²) in [5, 5.41) is 11.7. The maximum atomic E-state index is 11.8. The minimum absolute atomic E-state index is 0.0947. The SMILES string of the molecule is Cc1ccc(C(=O)NCC(C)(C)CCO)cn1. The Morgan fingerprint density at radius 3 is 2.71 bits per heavy atom. The van der Waals surface area contributed by atoms with Crippen molar-refractivity contribution in [2.45, 2.75) is 27.2 Å². The first-order chi connectivity index (χ1) is 7.94. The van der Waals surface area contributed by atoms with Crippen LogP contribution in [0.5, 0.6) is 0 Å². The smallest absolute Gasteiger partial charge is 0.252 e. The highest BCUT2D eigenvalue weighted by atomic mass is 16.3. The molecule has 2 N–H and O–H groups in total. The lowest BCUT2D eigenvalue weighted by Gasteiger charge is -2.23. The topological polar surface area (TPSA) is 62.2 Å². The van der Waals surface area contributed by atoms with E-state index in [4.69, 9.17) is 5.11 Å². The molecule has 94 valence electrons. The van der Waals surface area contributed by atoms with Crippen molar-refractivity contribution < 1.29 is 9.90 Å². The van der Waals surface area contributed by atoms with Crippen LogP contribution >= 0.6 is 0 Å². The summed E-state index contributed by atoms with van der Waals surface area (Å²) >= 11 is 0. The number of carbonyl (C=O) groups excluding carboxylic acids is 1. The molecular weight excluding hydrogens is 216 g/mol. The van der Waals surface area contributed by atoms with Gasteiger partial charge < -0.3 is 10.4 Å². The Labute approximate surface area is 102 Å². The number of nitrogens with one attached hydrogen (secondary N) is 1. The van der Waals surface area contributed by atoms with Gasteiger partial charge in [-0.25, -0.2) is 0 Å². The zero-order valence-electron chi connectivity index (χ0n) is 10.7. The molecule has 1 aromatic heterocycles. The van der Waals surface area contributed by atoms with E-state index in [1.807, 2.05) is 26.8 Å². The summed E-state index contributed by atoms with van der Waals surface area (Å²) in [6.07, 6.45) is 2.24. The van der Waals surface area contributed by atoms with Crippen molar-refractivity contribution >= 4 is 5.91 Å². The van der Waals surface area contributed by atoms with Gasteiger partial charge in [-0.05, 0) is 30.9 Å². The van der Waals surface area contributed by atoms with Gasteiger partial charge >= 0.3 is 0 Å². The van der Waals surface area contributed by atoms with E-state index in [-0.39, 0.29) is 17.9 Å². The van der Waals surface area contributed by atoms with Gasteiger partial charge in [0.2, 0.25) is 0 Å². The first kappa shape index (κ1) is 13.6. The van der Waals surface area contributed by atoms with Crippen molar-refractivity contribution in [1.29, 1.82) is 0 Å². The van der Waals surface area contributed by atoms with Gasteiger partial charge in [0.25, 0.3) is 5.91 Å². The average Bonchev–Trinajstić information content (AvgIpc) is 2.27. The van der Waals surface area contributed by atoms with E-state index in [0.717, 1.165) is 5.69 Å². The van der Waals surface area contributed by atoms with Gasteiger partial charge in [-0.1, -0.05) is 13.8 Å². The van der Waals surface area contributed by atoms with Gasteiger partial charge in [0.05, 0.1) is 5.56 Å². The minimum Gasteiger partial charge on any atom is -0.396 e. The van der Waals surface area contributed by atoms with Gasteiger partial charge in [-0.3, -0.25) is 9.78 Å². The number of aliphatic hydroxyl groups is 1. The van der Waals surface area contributed by atoms with Crippen molar-refractivity contribution in [3.05, 3.63) is 29.6 Å². The second kappa shape index (κ2) is 5.77. The number of hydrogen-bond donors (Lipinski definition) is 2. The number of pyridine rings is 1. The van der Waals surface area contributed by atoms with Crippen LogP contribution in [0.1, 0.15) is 36.3 Å². The Hall–Kier alpha value is -1.42. The molecule has 0 spiro atoms. The van der Waals surface area contributed by atoms with Crippen LogP contribution in [0.15, 0.2) is 18.3 Å². The number of hydrogen-bond acceptors (Lipinski definition) is 3. The van der Waals surface area contributed by atoms with Gasteiger partial charge in [0.15, 0.2) is 0 Å². The normalized spacial score (nSPS) is 11.3. The van der Waals surface area contributed by atoms with Gasteiger partial charge in [0.1, 0.15) is 0 Å². The summed E-state index contributed by atoms with van der Waals surface area (Å²) in [6.45, 7) is 6.58. The maximum Gasteiger partial charge on any atom is 0.252 e. The predicted octanol–water partition coefficient (Wildman–Crippen LogP) is 1.53. The summed E-state index contributed by atoms with van der Waals surface area (Å²) in [4.78, 5) is 15.9. The van der Waals surface area contributed by atoms with E-state index in [9.17, 15) is 4.79 Å². The second-order valence-electron chi connectivity index (χ2n) is 5.01. The van der Waals surface area contributed by atoms with Crippen molar-refractivity contribution in [3.8, 4) is 0 Å². The number of amides is 1. The number of rotatable bonds is 5. The minimum atomic E-state index is -0.122. The first-order valence-corrected chi connectivity index (χ1v) is 5.76. The fraction of sp³-hybridized carbons (Fsp3) is 0.538. The Balaban J connectivity index is 2.53. The fourth-order valence-corrected chi connectivity index (χ4v) is 1.41. The maximum absolute atomic E-state index is 11.8. The van der Waals surface area contributed by atoms with Crippen molar-refractivity contribution in [3.63, 3.8) is 0 Å². The fourth-order valence-electron chi connectivity index (χ4n) is 1.41. The molecule has 0 aliphatic carbocycles. The molecule has 0 saturated carbocycles. The lowest BCUT2D eigenvalue weighted by atomic mass is 9.90. The molecule has 1 heterocycles. The quantitative estimate of drug-likeness (QED) is 0.815. The van der Waals surface area contributed by atoms with Crippen LogP contribution in [0, 0.1) is 12.3 Å². The van der Waals surface area contributed by atoms with E-state index in [2.05, 4.69) is 10.3 Å². The Morgan fingerprint density at radius 2 is 2.18 bits per heavy atom. The third-order valence-corrected chi connectivity index (χ3v) is 2.69. The highest BCUT2D eigenvalue weighted by Gasteiger charge is 2.18. The molecule has 0 atom stereocenters. The molecule has 0 aromatic carbocycles. The van der Waals surface area contributed by atoms with Crippen LogP contribution in [-0.2, 0) is 0 Å². The predicted molar refractivity (Wildman–Crippen MR) is 66.8 cm³/mol. The molecule has 4 nitrogen and oxygen atoms in total. The van der Waals surface area contributed by atoms with Crippen LogP contribution in [0.3, 0.4) is 0 Å². The first-order valence-electron chi connectivity index (χ1n) is 5.76. The van der Waals surface area contributed by atoms with E-state index < -0.39 is 0 Å². The molecular formula is C13H20N2O2. The van der Waals surface area contributed by atoms with Crippen LogP contribution in [0.25, 0.3) is 0 Å². The zero-order valence-corrected chi connectivity index (χ0v) is 10.7. The molecule has 0 unspecified atom stereocenters. The van der Waals surface area contributed by atoms with Gasteiger partial charge in [-0.15, -0.1) is 0 Å². The van der Waals surface area contributed by atoms with Crippen molar-refractivity contribution in [2.75, 3.05) is 13.2 Å². The second-order valence-corrected chi connectivity index (χ2v) is 5.01. The van der Waals surface area contributed by atoms with Crippen LogP contribution in [-0.4, -0.2) is 29.1 Å². The number of aliphatic hydroxyl groups excluding tert-OH is 1. The lowest BCUT2D eigenvalue weighted by Crippen LogP contribution is -2.34. The number of carbonyl (C=O) groups is 1. The van der Waals surface area contributed by atoms with Crippen molar-refractivity contribution in [1.82, 2.24) is 10.3 Å². The Bertz CT molecular complexity index is 372. The van der Waals surface area contributed by atoms with Gasteiger partial charge in [-0.2, -0.15) is 0 Å². The molecule has 0 aliphatic heterocycles. The molecule has 1 amide bonds. The van der Waals surface area contributed by atoms with E-state index in [1.54, 1.807) is 12.3 Å². The highest BCUT2D eigenvalue weighted by Crippen LogP contribution is 2.18. The van der Waals surface area contributed by atoms with Crippen LogP contribution < -0.4 is 5.32 Å². The summed E-state index contributed by atoms with van der Waals surface area (Å²) in [6, 6.07) is 3.57. The monoisotopic (exact) mass is 236 g/mol. The molecule has 0 radical (unpaired) electrons. The summed E-state index contributed by atoms with van der Waals surface area (Å²) < 4.78 is 0. The van der Waals surface area contributed by atoms with Crippen LogP contribution in [0.2, 0.25) is 0 Å². The Morgan fingerprint density at radius 1 is 1.47 bits per heavy atom. The standard InChI is InChI=1S/C13H20N2O2/c1-10-4-5-11(8-14-10)12(17)15-9-13(2,3)6-7-16/h4-5,8,16H,6-7,9H2,1-3H3,(H,15,17). The Kier molecular flexibility index (Phi) is 4.63. The molecule has 17 heavy (non-hydrogen) atoms. The number of aromatic nitrogens is 1. The number of aryl methyl sites for hydroxylation is 1. The zero-order chi connectivity index (χ0) is 12.9. The van der Waals surface area contributed by atoms with E-state index in [0.29, 0.717) is 18.5 Å².